The third kappa shape index (κ3) is 130. The molecular weight excluding hydrogens is 144 g/mol. The molecule has 0 N–H and O–H groups in total. The van der Waals surface area contributed by atoms with Gasteiger partial charge < -0.3 is 15.3 Å². The maximum absolute atomic E-state index is 8.25. The van der Waals surface area contributed by atoms with Gasteiger partial charge in [-0.1, -0.05) is 0 Å². The van der Waals surface area contributed by atoms with Crippen LogP contribution in [0.1, 0.15) is 0 Å². The molecule has 0 saturated carbocycles. The zero-order valence-corrected chi connectivity index (χ0v) is 6.05. The molecule has 0 amide bonds. The minimum atomic E-state index is -1.75. The molecule has 0 rings (SSSR count). The molecular formula is CoNNaO3. The van der Waals surface area contributed by atoms with Gasteiger partial charge in [-0.3, -0.25) is 0 Å². The average Bonchev–Trinajstić information content (AvgIpc) is 0.811. The summed E-state index contributed by atoms with van der Waals surface area (Å²) < 4.78 is 0. The van der Waals surface area contributed by atoms with E-state index in [4.69, 9.17) is 15.3 Å². The molecule has 0 fully saturated rings. The van der Waals surface area contributed by atoms with Gasteiger partial charge in [0.05, 0.1) is 5.09 Å². The molecule has 6 heavy (non-hydrogen) atoms. The second-order valence-corrected chi connectivity index (χ2v) is 0.224. The van der Waals surface area contributed by atoms with Crippen LogP contribution in [0.4, 0.5) is 0 Å². The first-order valence-corrected chi connectivity index (χ1v) is 0.548. The molecule has 0 aromatic carbocycles. The standard InChI is InChI=1S/Co.NO3.Na/c;2-1(3)4;/q;-1;+1. The van der Waals surface area contributed by atoms with Gasteiger partial charge in [0.2, 0.25) is 0 Å². The second kappa shape index (κ2) is 9.20. The van der Waals surface area contributed by atoms with Gasteiger partial charge in [-0.15, -0.1) is 0 Å². The topological polar surface area (TPSA) is 66.2 Å². The van der Waals surface area contributed by atoms with Crippen LogP contribution < -0.4 is 29.6 Å². The van der Waals surface area contributed by atoms with E-state index in [1.54, 1.807) is 0 Å². The van der Waals surface area contributed by atoms with Crippen LogP contribution in [0.15, 0.2) is 0 Å². The van der Waals surface area contributed by atoms with Gasteiger partial charge in [0, 0.05) is 16.8 Å². The Labute approximate surface area is 66.5 Å². The van der Waals surface area contributed by atoms with Crippen LogP contribution >= 0.6 is 0 Å². The second-order valence-electron chi connectivity index (χ2n) is 0.224. The quantitative estimate of drug-likeness (QED) is 0.204. The molecule has 0 aromatic heterocycles. The first kappa shape index (κ1) is 15.9. The monoisotopic (exact) mass is 144 g/mol. The Balaban J connectivity index is -0.0000000450. The summed E-state index contributed by atoms with van der Waals surface area (Å²) in [5.74, 6) is 0. The molecule has 4 nitrogen and oxygen atoms in total. The van der Waals surface area contributed by atoms with E-state index in [1.807, 2.05) is 0 Å². The van der Waals surface area contributed by atoms with Gasteiger partial charge in [-0.25, -0.2) is 0 Å². The van der Waals surface area contributed by atoms with E-state index in [0.29, 0.717) is 0 Å². The Morgan fingerprint density at radius 2 is 1.33 bits per heavy atom. The fourth-order valence-corrected chi connectivity index (χ4v) is 0. The first-order chi connectivity index (χ1) is 1.73. The van der Waals surface area contributed by atoms with Crippen LogP contribution in [0.25, 0.3) is 0 Å². The number of nitrogens with zero attached hydrogens (tertiary/aromatic N) is 1. The van der Waals surface area contributed by atoms with Crippen molar-refractivity contribution in [2.24, 2.45) is 0 Å². The van der Waals surface area contributed by atoms with E-state index in [0.717, 1.165) is 0 Å². The Bertz CT molecular complexity index is 33.8. The van der Waals surface area contributed by atoms with Gasteiger partial charge in [-0.2, -0.15) is 0 Å². The van der Waals surface area contributed by atoms with Gasteiger partial charge in [0.25, 0.3) is 0 Å². The van der Waals surface area contributed by atoms with E-state index in [1.165, 1.54) is 0 Å². The van der Waals surface area contributed by atoms with Crippen molar-refractivity contribution < 1.29 is 51.4 Å². The van der Waals surface area contributed by atoms with Crippen LogP contribution in [0.3, 0.4) is 0 Å². The fourth-order valence-electron chi connectivity index (χ4n) is 0. The van der Waals surface area contributed by atoms with E-state index < -0.39 is 5.09 Å². The molecule has 0 unspecified atom stereocenters. The number of rotatable bonds is 0. The predicted molar refractivity (Wildman–Crippen MR) is 10.4 cm³/mol. The zero-order valence-electron chi connectivity index (χ0n) is 3.01. The van der Waals surface area contributed by atoms with E-state index >= 15 is 0 Å². The van der Waals surface area contributed by atoms with Crippen molar-refractivity contribution in [3.63, 3.8) is 0 Å². The third-order valence-electron chi connectivity index (χ3n) is 0. The maximum Gasteiger partial charge on any atom is 1.00 e. The van der Waals surface area contributed by atoms with Gasteiger partial charge in [-0.05, 0) is 0 Å². The minimum absolute atomic E-state index is 0. The summed E-state index contributed by atoms with van der Waals surface area (Å²) in [6.07, 6.45) is 0. The molecule has 0 atom stereocenters. The average molecular weight is 144 g/mol. The van der Waals surface area contributed by atoms with Crippen molar-refractivity contribution >= 4 is 0 Å². The van der Waals surface area contributed by atoms with Crippen molar-refractivity contribution in [3.8, 4) is 0 Å². The van der Waals surface area contributed by atoms with Crippen LogP contribution in [-0.4, -0.2) is 5.09 Å². The maximum atomic E-state index is 8.25. The van der Waals surface area contributed by atoms with Gasteiger partial charge in [0.1, 0.15) is 0 Å². The molecule has 0 aliphatic rings. The van der Waals surface area contributed by atoms with E-state index in [9.17, 15) is 0 Å². The Morgan fingerprint density at radius 1 is 1.33 bits per heavy atom. The normalized spacial score (nSPS) is 4.00. The smallest absolute Gasteiger partial charge is 0.356 e. The molecule has 0 aliphatic carbocycles. The summed E-state index contributed by atoms with van der Waals surface area (Å²) in [7, 11) is 0. The molecule has 0 spiro atoms. The molecule has 33 valence electrons. The summed E-state index contributed by atoms with van der Waals surface area (Å²) in [5.41, 5.74) is 0. The molecule has 0 aromatic rings. The van der Waals surface area contributed by atoms with Crippen molar-refractivity contribution in [3.05, 3.63) is 15.3 Å². The SMILES string of the molecule is O=[N+]([O-])[O-].[Co].[Na+]. The fraction of sp³-hybridized carbons (Fsp3) is 0. The van der Waals surface area contributed by atoms with Crippen molar-refractivity contribution in [2.75, 3.05) is 0 Å². The van der Waals surface area contributed by atoms with Gasteiger partial charge >= 0.3 is 29.6 Å². The molecule has 1 radical (unpaired) electrons. The van der Waals surface area contributed by atoms with Gasteiger partial charge in [0.15, 0.2) is 0 Å². The molecule has 0 heterocycles. The zero-order chi connectivity index (χ0) is 3.58. The van der Waals surface area contributed by atoms with Crippen molar-refractivity contribution in [1.82, 2.24) is 0 Å². The molecule has 6 heteroatoms. The summed E-state index contributed by atoms with van der Waals surface area (Å²) >= 11 is 0. The van der Waals surface area contributed by atoms with Crippen LogP contribution in [-0.2, 0) is 16.8 Å². The van der Waals surface area contributed by atoms with Crippen LogP contribution in [0.2, 0.25) is 0 Å². The van der Waals surface area contributed by atoms with Crippen LogP contribution in [0, 0.1) is 15.3 Å². The van der Waals surface area contributed by atoms with E-state index in [-0.39, 0.29) is 46.3 Å². The molecule has 0 saturated heterocycles. The summed E-state index contributed by atoms with van der Waals surface area (Å²) in [4.78, 5) is 8.25. The molecule has 0 aliphatic heterocycles. The summed E-state index contributed by atoms with van der Waals surface area (Å²) in [5, 5.41) is 14.8. The minimum Gasteiger partial charge on any atom is -0.356 e. The summed E-state index contributed by atoms with van der Waals surface area (Å²) in [6.45, 7) is 0. The Morgan fingerprint density at radius 3 is 1.33 bits per heavy atom. The summed E-state index contributed by atoms with van der Waals surface area (Å²) in [6, 6.07) is 0. The van der Waals surface area contributed by atoms with Crippen molar-refractivity contribution in [2.45, 2.75) is 0 Å². The van der Waals surface area contributed by atoms with Crippen molar-refractivity contribution in [1.29, 1.82) is 0 Å². The van der Waals surface area contributed by atoms with Crippen LogP contribution in [0.5, 0.6) is 0 Å². The molecule has 0 bridgehead atoms. The largest absolute Gasteiger partial charge is 1.00 e. The predicted octanol–water partition coefficient (Wildman–Crippen LogP) is -3.24. The number of hydrogen-bond donors (Lipinski definition) is 0. The first-order valence-electron chi connectivity index (χ1n) is 0.548. The Kier molecular flexibility index (Phi) is 24.4. The number of hydrogen-bond acceptors (Lipinski definition) is 3. The van der Waals surface area contributed by atoms with E-state index in [2.05, 4.69) is 0 Å². The Hall–Kier alpha value is 0.706. The third-order valence-corrected chi connectivity index (χ3v) is 0.